The zero-order chi connectivity index (χ0) is 35.9. The van der Waals surface area contributed by atoms with Crippen molar-refractivity contribution in [2.75, 3.05) is 0 Å². The lowest BCUT2D eigenvalue weighted by Gasteiger charge is -2.18. The van der Waals surface area contributed by atoms with E-state index >= 15 is 0 Å². The van der Waals surface area contributed by atoms with Crippen molar-refractivity contribution in [1.29, 1.82) is 0 Å². The average Bonchev–Trinajstić information content (AvgIpc) is 3.08. The van der Waals surface area contributed by atoms with Crippen LogP contribution in [0.2, 0.25) is 0 Å². The van der Waals surface area contributed by atoms with Crippen LogP contribution >= 0.6 is 0 Å². The Bertz CT molecular complexity index is 698. The van der Waals surface area contributed by atoms with E-state index in [0.29, 0.717) is 12.8 Å². The minimum Gasteiger partial charge on any atom is -0.481 e. The predicted octanol–water partition coefficient (Wildman–Crippen LogP) is 14.6. The first-order chi connectivity index (χ1) is 24.0. The molecule has 0 radical (unpaired) electrons. The van der Waals surface area contributed by atoms with E-state index in [1.807, 2.05) is 0 Å². The Kier molecular flexibility index (Phi) is 37.9. The lowest BCUT2D eigenvalue weighted by atomic mass is 9.86. The Morgan fingerprint density at radius 1 is 0.429 bits per heavy atom. The van der Waals surface area contributed by atoms with E-state index < -0.39 is 11.9 Å². The highest BCUT2D eigenvalue weighted by molar-refractivity contribution is 5.78. The molecule has 0 spiro atoms. The van der Waals surface area contributed by atoms with E-state index in [-0.39, 0.29) is 11.8 Å². The van der Waals surface area contributed by atoms with Crippen LogP contribution in [0.25, 0.3) is 0 Å². The van der Waals surface area contributed by atoms with Gasteiger partial charge in [-0.15, -0.1) is 0 Å². The van der Waals surface area contributed by atoms with E-state index in [0.717, 1.165) is 32.1 Å². The monoisotopic (exact) mass is 688 g/mol. The van der Waals surface area contributed by atoms with Crippen LogP contribution in [0.4, 0.5) is 0 Å². The molecule has 49 heavy (non-hydrogen) atoms. The smallest absolute Gasteiger partial charge is 0.306 e. The fourth-order valence-corrected chi connectivity index (χ4v) is 7.05. The maximum atomic E-state index is 12.1. The maximum Gasteiger partial charge on any atom is 0.306 e. The summed E-state index contributed by atoms with van der Waals surface area (Å²) in [7, 11) is 0. The van der Waals surface area contributed by atoms with Gasteiger partial charge in [0.1, 0.15) is 0 Å². The summed E-state index contributed by atoms with van der Waals surface area (Å²) < 4.78 is 0. The average molecular weight is 688 g/mol. The number of aliphatic carboxylic acids is 1. The first-order valence-corrected chi connectivity index (χ1v) is 21.8. The molecular formula is C45H85NO3. The first-order valence-electron chi connectivity index (χ1n) is 21.8. The second kappa shape index (κ2) is 39.2. The summed E-state index contributed by atoms with van der Waals surface area (Å²) in [6.07, 6.45) is 52.2. The zero-order valence-corrected chi connectivity index (χ0v) is 33.1. The van der Waals surface area contributed by atoms with E-state index in [1.165, 1.54) is 180 Å². The second-order valence-electron chi connectivity index (χ2n) is 15.2. The Morgan fingerprint density at radius 2 is 0.694 bits per heavy atom. The molecular weight excluding hydrogens is 602 g/mol. The van der Waals surface area contributed by atoms with Gasteiger partial charge in [0.15, 0.2) is 0 Å². The topological polar surface area (TPSA) is 80.4 Å². The minimum absolute atomic E-state index is 0.305. The standard InChI is InChI=1S/C45H85NO3/c1-3-5-7-9-11-13-15-17-19-21-23-25-27-29-31-33-35-37-39-42(44(46)47)41-43(45(48)49)40-38-36-34-32-30-28-26-24-22-20-18-16-14-12-10-8-6-4-2/h17-20,42-43H,3-16,21-41H2,1-2H3,(H2,46,47)(H,48,49)/b19-17-,20-18-. The molecule has 0 aromatic carbocycles. The number of rotatable bonds is 40. The van der Waals surface area contributed by atoms with Gasteiger partial charge in [-0.3, -0.25) is 9.59 Å². The summed E-state index contributed by atoms with van der Waals surface area (Å²) in [6.45, 7) is 4.55. The molecule has 0 aliphatic heterocycles. The van der Waals surface area contributed by atoms with E-state index in [2.05, 4.69) is 38.2 Å². The lowest BCUT2D eigenvalue weighted by Crippen LogP contribution is -2.28. The van der Waals surface area contributed by atoms with Gasteiger partial charge in [-0.2, -0.15) is 0 Å². The minimum atomic E-state index is -0.763. The number of allylic oxidation sites excluding steroid dienone is 4. The Labute approximate surface area is 306 Å². The first kappa shape index (κ1) is 47.4. The highest BCUT2D eigenvalue weighted by Gasteiger charge is 2.25. The van der Waals surface area contributed by atoms with Gasteiger partial charge < -0.3 is 10.8 Å². The van der Waals surface area contributed by atoms with Gasteiger partial charge in [-0.25, -0.2) is 0 Å². The number of carboxylic acids is 1. The van der Waals surface area contributed by atoms with Gasteiger partial charge in [-0.1, -0.05) is 192 Å². The highest BCUT2D eigenvalue weighted by Crippen LogP contribution is 2.24. The number of carboxylic acid groups (broad SMARTS) is 1. The summed E-state index contributed by atoms with van der Waals surface area (Å²) in [4.78, 5) is 24.1. The van der Waals surface area contributed by atoms with Crippen molar-refractivity contribution >= 4 is 11.9 Å². The molecule has 0 aliphatic carbocycles. The molecule has 0 fully saturated rings. The van der Waals surface area contributed by atoms with Crippen molar-refractivity contribution in [3.8, 4) is 0 Å². The van der Waals surface area contributed by atoms with Crippen molar-refractivity contribution in [1.82, 2.24) is 0 Å². The third kappa shape index (κ3) is 36.0. The summed E-state index contributed by atoms with van der Waals surface area (Å²) in [6, 6.07) is 0. The Hall–Kier alpha value is -1.58. The van der Waals surface area contributed by atoms with Crippen LogP contribution in [-0.4, -0.2) is 17.0 Å². The lowest BCUT2D eigenvalue weighted by molar-refractivity contribution is -0.143. The number of hydrogen-bond donors (Lipinski definition) is 2. The summed E-state index contributed by atoms with van der Waals surface area (Å²) in [5.74, 6) is -1.83. The number of unbranched alkanes of at least 4 members (excludes halogenated alkanes) is 28. The molecule has 0 saturated heterocycles. The van der Waals surface area contributed by atoms with E-state index in [9.17, 15) is 14.7 Å². The molecule has 0 aromatic heterocycles. The summed E-state index contributed by atoms with van der Waals surface area (Å²) >= 11 is 0. The van der Waals surface area contributed by atoms with Crippen molar-refractivity contribution < 1.29 is 14.7 Å². The van der Waals surface area contributed by atoms with E-state index in [4.69, 9.17) is 5.73 Å². The molecule has 4 nitrogen and oxygen atoms in total. The van der Waals surface area contributed by atoms with Crippen LogP contribution in [0.5, 0.6) is 0 Å². The second-order valence-corrected chi connectivity index (χ2v) is 15.2. The highest BCUT2D eigenvalue weighted by atomic mass is 16.4. The maximum absolute atomic E-state index is 12.1. The summed E-state index contributed by atoms with van der Waals surface area (Å²) in [5.41, 5.74) is 5.72. The van der Waals surface area contributed by atoms with Crippen LogP contribution < -0.4 is 5.73 Å². The normalized spacial score (nSPS) is 13.1. The van der Waals surface area contributed by atoms with Crippen LogP contribution in [0.1, 0.15) is 239 Å². The van der Waals surface area contributed by atoms with Gasteiger partial charge in [0.25, 0.3) is 0 Å². The molecule has 1 amide bonds. The molecule has 2 unspecified atom stereocenters. The molecule has 0 saturated carbocycles. The number of carbonyl (C=O) groups excluding carboxylic acids is 1. The van der Waals surface area contributed by atoms with Crippen LogP contribution in [0, 0.1) is 11.8 Å². The molecule has 2 atom stereocenters. The van der Waals surface area contributed by atoms with Gasteiger partial charge in [0.2, 0.25) is 5.91 Å². The van der Waals surface area contributed by atoms with Crippen LogP contribution in [0.3, 0.4) is 0 Å². The SMILES string of the molecule is CCCCCCCC/C=C\CCCCCCCCCCC(CC(CCCCCCCCCC/C=C\CCCCCCCC)C(=O)O)C(N)=O. The molecule has 0 aromatic rings. The summed E-state index contributed by atoms with van der Waals surface area (Å²) in [5, 5.41) is 9.81. The van der Waals surface area contributed by atoms with Gasteiger partial charge in [-0.05, 0) is 70.6 Å². The van der Waals surface area contributed by atoms with E-state index in [1.54, 1.807) is 0 Å². The van der Waals surface area contributed by atoms with Crippen molar-refractivity contribution in [3.63, 3.8) is 0 Å². The van der Waals surface area contributed by atoms with Crippen LogP contribution in [0.15, 0.2) is 24.3 Å². The third-order valence-corrected chi connectivity index (χ3v) is 10.4. The third-order valence-electron chi connectivity index (χ3n) is 10.4. The zero-order valence-electron chi connectivity index (χ0n) is 33.1. The number of primary amides is 1. The Balaban J connectivity index is 3.76. The molecule has 0 aliphatic rings. The molecule has 0 bridgehead atoms. The number of nitrogens with two attached hydrogens (primary N) is 1. The molecule has 4 heteroatoms. The quantitative estimate of drug-likeness (QED) is 0.0497. The number of hydrogen-bond acceptors (Lipinski definition) is 2. The van der Waals surface area contributed by atoms with Gasteiger partial charge in [0, 0.05) is 5.92 Å². The molecule has 3 N–H and O–H groups in total. The van der Waals surface area contributed by atoms with Crippen molar-refractivity contribution in [3.05, 3.63) is 24.3 Å². The van der Waals surface area contributed by atoms with Crippen molar-refractivity contribution in [2.45, 2.75) is 239 Å². The van der Waals surface area contributed by atoms with Crippen LogP contribution in [-0.2, 0) is 9.59 Å². The Morgan fingerprint density at radius 3 is 0.980 bits per heavy atom. The number of carbonyl (C=O) groups is 2. The molecule has 0 rings (SSSR count). The van der Waals surface area contributed by atoms with Gasteiger partial charge >= 0.3 is 5.97 Å². The van der Waals surface area contributed by atoms with Crippen molar-refractivity contribution in [2.24, 2.45) is 17.6 Å². The number of amides is 1. The fourth-order valence-electron chi connectivity index (χ4n) is 7.05. The van der Waals surface area contributed by atoms with Gasteiger partial charge in [0.05, 0.1) is 5.92 Å². The molecule has 0 heterocycles. The molecule has 288 valence electrons. The fraction of sp³-hybridized carbons (Fsp3) is 0.867. The largest absolute Gasteiger partial charge is 0.481 e. The predicted molar refractivity (Wildman–Crippen MR) is 215 cm³/mol.